The third-order valence-electron chi connectivity index (χ3n) is 3.90. The lowest BCUT2D eigenvalue weighted by Crippen LogP contribution is -2.48. The Hall–Kier alpha value is -1.26. The second kappa shape index (κ2) is 5.02. The number of likely N-dealkylation sites (tertiary alicyclic amines) is 1. The number of piperidine rings is 1. The van der Waals surface area contributed by atoms with E-state index >= 15 is 0 Å². The van der Waals surface area contributed by atoms with E-state index in [1.807, 2.05) is 23.1 Å². The number of carbonyl (C=O) groups is 1. The summed E-state index contributed by atoms with van der Waals surface area (Å²) in [6, 6.07) is 5.87. The minimum absolute atomic E-state index is 0.226. The summed E-state index contributed by atoms with van der Waals surface area (Å²) in [5, 5.41) is 0.681. The molecule has 0 atom stereocenters. The Bertz CT molecular complexity index is 498. The Balaban J connectivity index is 1.90. The molecule has 4 nitrogen and oxygen atoms in total. The molecule has 19 heavy (non-hydrogen) atoms. The van der Waals surface area contributed by atoms with Crippen molar-refractivity contribution in [1.29, 1.82) is 0 Å². The molecule has 5 heteroatoms. The van der Waals surface area contributed by atoms with Gasteiger partial charge in [0.2, 0.25) is 0 Å². The lowest BCUT2D eigenvalue weighted by Gasteiger charge is -2.39. The van der Waals surface area contributed by atoms with Crippen molar-refractivity contribution in [2.45, 2.75) is 25.5 Å². The van der Waals surface area contributed by atoms with Crippen LogP contribution in [0.4, 0.5) is 10.5 Å². The molecule has 1 amide bonds. The van der Waals surface area contributed by atoms with Crippen LogP contribution >= 0.6 is 11.6 Å². The zero-order chi connectivity index (χ0) is 13.4. The third-order valence-corrected chi connectivity index (χ3v) is 4.14. The molecular weight excluding hydrogens is 264 g/mol. The maximum Gasteiger partial charge on any atom is 0.414 e. The van der Waals surface area contributed by atoms with E-state index in [-0.39, 0.29) is 12.1 Å². The van der Waals surface area contributed by atoms with Gasteiger partial charge in [-0.1, -0.05) is 11.6 Å². The van der Waals surface area contributed by atoms with Gasteiger partial charge in [0.25, 0.3) is 0 Å². The van der Waals surface area contributed by atoms with E-state index in [0.29, 0.717) is 11.6 Å². The van der Waals surface area contributed by atoms with E-state index in [0.717, 1.165) is 37.2 Å². The second-order valence-corrected chi connectivity index (χ2v) is 5.67. The smallest absolute Gasteiger partial charge is 0.414 e. The van der Waals surface area contributed by atoms with Crippen LogP contribution < -0.4 is 4.90 Å². The molecule has 0 N–H and O–H groups in total. The molecule has 0 aliphatic carbocycles. The number of hydrogen-bond acceptors (Lipinski definition) is 3. The van der Waals surface area contributed by atoms with Gasteiger partial charge in [-0.25, -0.2) is 4.79 Å². The molecule has 0 unspecified atom stereocenters. The molecule has 2 aliphatic heterocycles. The number of hydrogen-bond donors (Lipinski definition) is 0. The maximum atomic E-state index is 12.1. The monoisotopic (exact) mass is 280 g/mol. The number of benzene rings is 1. The summed E-state index contributed by atoms with van der Waals surface area (Å²) in [4.78, 5) is 16.2. The average Bonchev–Trinajstić information content (AvgIpc) is 2.40. The van der Waals surface area contributed by atoms with Crippen LogP contribution in [0.15, 0.2) is 18.2 Å². The summed E-state index contributed by atoms with van der Waals surface area (Å²) in [7, 11) is 2.11. The van der Waals surface area contributed by atoms with Crippen molar-refractivity contribution in [1.82, 2.24) is 4.90 Å². The van der Waals surface area contributed by atoms with Crippen molar-refractivity contribution in [2.24, 2.45) is 0 Å². The lowest BCUT2D eigenvalue weighted by atomic mass is 10.0. The van der Waals surface area contributed by atoms with Gasteiger partial charge in [0.1, 0.15) is 6.61 Å². The number of cyclic esters (lactones) is 1. The summed E-state index contributed by atoms with van der Waals surface area (Å²) in [6.07, 6.45) is 1.73. The first-order valence-electron chi connectivity index (χ1n) is 6.58. The fraction of sp³-hybridized carbons (Fsp3) is 0.500. The van der Waals surface area contributed by atoms with E-state index in [2.05, 4.69) is 11.9 Å². The average molecular weight is 281 g/mol. The Morgan fingerprint density at radius 2 is 2.05 bits per heavy atom. The van der Waals surface area contributed by atoms with Crippen LogP contribution in [0, 0.1) is 0 Å². The quantitative estimate of drug-likeness (QED) is 0.793. The third kappa shape index (κ3) is 2.42. The molecule has 1 aromatic rings. The summed E-state index contributed by atoms with van der Waals surface area (Å²) in [6.45, 7) is 2.34. The van der Waals surface area contributed by atoms with Gasteiger partial charge >= 0.3 is 6.09 Å². The molecule has 1 saturated heterocycles. The molecule has 0 spiro atoms. The first kappa shape index (κ1) is 12.8. The highest BCUT2D eigenvalue weighted by atomic mass is 35.5. The van der Waals surface area contributed by atoms with Crippen molar-refractivity contribution in [3.63, 3.8) is 0 Å². The van der Waals surface area contributed by atoms with Crippen LogP contribution in [0.3, 0.4) is 0 Å². The SMILES string of the molecule is CN1CCC(N2C(=O)OCc3cc(Cl)ccc32)CC1. The molecule has 2 aliphatic rings. The molecule has 3 rings (SSSR count). The predicted molar refractivity (Wildman–Crippen MR) is 74.6 cm³/mol. The Morgan fingerprint density at radius 3 is 2.79 bits per heavy atom. The highest BCUT2D eigenvalue weighted by molar-refractivity contribution is 6.30. The van der Waals surface area contributed by atoms with Gasteiger partial charge in [-0.15, -0.1) is 0 Å². The Morgan fingerprint density at radius 1 is 1.32 bits per heavy atom. The molecule has 0 radical (unpaired) electrons. The number of rotatable bonds is 1. The molecule has 2 heterocycles. The molecular formula is C14H17ClN2O2. The van der Waals surface area contributed by atoms with Crippen molar-refractivity contribution >= 4 is 23.4 Å². The van der Waals surface area contributed by atoms with Gasteiger partial charge in [0.05, 0.1) is 5.69 Å². The molecule has 0 saturated carbocycles. The summed E-state index contributed by atoms with van der Waals surface area (Å²) < 4.78 is 5.27. The van der Waals surface area contributed by atoms with Crippen LogP contribution in [0.1, 0.15) is 18.4 Å². The molecule has 0 bridgehead atoms. The van der Waals surface area contributed by atoms with E-state index in [9.17, 15) is 4.79 Å². The largest absolute Gasteiger partial charge is 0.444 e. The Labute approximate surface area is 117 Å². The van der Waals surface area contributed by atoms with Crippen LogP contribution in [-0.2, 0) is 11.3 Å². The number of carbonyl (C=O) groups excluding carboxylic acids is 1. The molecule has 0 aromatic heterocycles. The van der Waals surface area contributed by atoms with Gasteiger partial charge < -0.3 is 9.64 Å². The number of fused-ring (bicyclic) bond motifs is 1. The first-order valence-corrected chi connectivity index (χ1v) is 6.96. The van der Waals surface area contributed by atoms with E-state index in [1.165, 1.54) is 0 Å². The second-order valence-electron chi connectivity index (χ2n) is 5.23. The first-order chi connectivity index (χ1) is 9.15. The highest BCUT2D eigenvalue weighted by Crippen LogP contribution is 2.33. The zero-order valence-corrected chi connectivity index (χ0v) is 11.7. The lowest BCUT2D eigenvalue weighted by molar-refractivity contribution is 0.134. The summed E-state index contributed by atoms with van der Waals surface area (Å²) in [5.74, 6) is 0. The van der Waals surface area contributed by atoms with E-state index < -0.39 is 0 Å². The van der Waals surface area contributed by atoms with Crippen molar-refractivity contribution in [3.05, 3.63) is 28.8 Å². The molecule has 102 valence electrons. The van der Waals surface area contributed by atoms with Gasteiger partial charge in [-0.2, -0.15) is 0 Å². The zero-order valence-electron chi connectivity index (χ0n) is 10.9. The van der Waals surface area contributed by atoms with Gasteiger partial charge in [0, 0.05) is 16.6 Å². The Kier molecular flexibility index (Phi) is 3.37. The number of nitrogens with zero attached hydrogens (tertiary/aromatic N) is 2. The molecule has 1 fully saturated rings. The predicted octanol–water partition coefficient (Wildman–Crippen LogP) is 2.89. The van der Waals surface area contributed by atoms with Gasteiger partial charge in [0.15, 0.2) is 0 Å². The van der Waals surface area contributed by atoms with Gasteiger partial charge in [-0.3, -0.25) is 4.90 Å². The van der Waals surface area contributed by atoms with Crippen molar-refractivity contribution < 1.29 is 9.53 Å². The maximum absolute atomic E-state index is 12.1. The standard InChI is InChI=1S/C14H17ClN2O2/c1-16-6-4-12(5-7-16)17-13-3-2-11(15)8-10(13)9-19-14(17)18/h2-3,8,12H,4-7,9H2,1H3. The van der Waals surface area contributed by atoms with Crippen molar-refractivity contribution in [3.8, 4) is 0 Å². The number of anilines is 1. The van der Waals surface area contributed by atoms with Crippen LogP contribution in [0.2, 0.25) is 5.02 Å². The topological polar surface area (TPSA) is 32.8 Å². The minimum atomic E-state index is -0.232. The number of amides is 1. The normalized spacial score (nSPS) is 21.2. The summed E-state index contributed by atoms with van der Waals surface area (Å²) in [5.41, 5.74) is 1.95. The van der Waals surface area contributed by atoms with Crippen LogP contribution in [-0.4, -0.2) is 37.2 Å². The van der Waals surface area contributed by atoms with Crippen molar-refractivity contribution in [2.75, 3.05) is 25.0 Å². The highest BCUT2D eigenvalue weighted by Gasteiger charge is 2.33. The summed E-state index contributed by atoms with van der Waals surface area (Å²) >= 11 is 6.00. The molecule has 1 aromatic carbocycles. The fourth-order valence-electron chi connectivity index (χ4n) is 2.81. The van der Waals surface area contributed by atoms with E-state index in [1.54, 1.807) is 0 Å². The number of halogens is 1. The van der Waals surface area contributed by atoms with Crippen LogP contribution in [0.25, 0.3) is 0 Å². The van der Waals surface area contributed by atoms with Crippen LogP contribution in [0.5, 0.6) is 0 Å². The van der Waals surface area contributed by atoms with Gasteiger partial charge in [-0.05, 0) is 51.2 Å². The minimum Gasteiger partial charge on any atom is -0.444 e. The van der Waals surface area contributed by atoms with E-state index in [4.69, 9.17) is 16.3 Å². The fourth-order valence-corrected chi connectivity index (χ4v) is 3.01. The number of ether oxygens (including phenoxy) is 1.